The molecule has 1 aromatic rings. The van der Waals surface area contributed by atoms with Gasteiger partial charge in [0.1, 0.15) is 12.0 Å². The molecule has 1 atom stereocenters. The molecule has 0 amide bonds. The molecule has 17 N–H and O–H groups in total. The van der Waals surface area contributed by atoms with Gasteiger partial charge in [0.05, 0.1) is 13.3 Å². The topological polar surface area (TPSA) is 275 Å². The highest BCUT2D eigenvalue weighted by molar-refractivity contribution is 5.30. The van der Waals surface area contributed by atoms with Gasteiger partial charge in [0.15, 0.2) is 5.82 Å². The minimum atomic E-state index is -0.365. The maximum Gasteiger partial charge on any atom is 0.231 e. The summed E-state index contributed by atoms with van der Waals surface area (Å²) >= 11 is 0. The number of hydrogen-bond acceptors (Lipinski definition) is 17. The predicted octanol–water partition coefficient (Wildman–Crippen LogP) is -5.68. The lowest BCUT2D eigenvalue weighted by atomic mass is 10.3. The van der Waals surface area contributed by atoms with Crippen molar-refractivity contribution < 1.29 is 0 Å². The van der Waals surface area contributed by atoms with E-state index < -0.39 is 0 Å². The van der Waals surface area contributed by atoms with Crippen molar-refractivity contribution in [2.45, 2.75) is 13.1 Å². The Kier molecular flexibility index (Phi) is 20.8. The maximum absolute atomic E-state index is 5.99. The second-order valence-electron chi connectivity index (χ2n) is 9.83. The maximum atomic E-state index is 5.99. The number of anilines is 1. The molecule has 1 aromatic heterocycles. The summed E-state index contributed by atoms with van der Waals surface area (Å²) in [4.78, 5) is 25.3. The third-order valence-corrected chi connectivity index (χ3v) is 6.40. The highest BCUT2D eigenvalue weighted by atomic mass is 15.4. The van der Waals surface area contributed by atoms with Crippen LogP contribution in [0.5, 0.6) is 0 Å². The molecule has 1 heterocycles. The van der Waals surface area contributed by atoms with Crippen molar-refractivity contribution in [1.82, 2.24) is 39.9 Å². The van der Waals surface area contributed by atoms with E-state index in [2.05, 4.69) is 29.8 Å². The Balaban J connectivity index is 3.53. The minimum Gasteiger partial charge on any atom is -0.329 e. The highest BCUT2D eigenvalue weighted by Crippen LogP contribution is 2.18. The van der Waals surface area contributed by atoms with Crippen LogP contribution < -0.4 is 56.1 Å². The molecular weight excluding hydrogens is 526 g/mol. The van der Waals surface area contributed by atoms with Crippen LogP contribution in [-0.2, 0) is 0 Å². The van der Waals surface area contributed by atoms with Gasteiger partial charge in [-0.1, -0.05) is 0 Å². The van der Waals surface area contributed by atoms with Crippen LogP contribution in [-0.4, -0.2) is 159 Å². The van der Waals surface area contributed by atoms with Crippen LogP contribution in [0.2, 0.25) is 0 Å². The van der Waals surface area contributed by atoms with Crippen LogP contribution >= 0.6 is 0 Å². The molecule has 0 saturated carbocycles. The fraction of sp³-hybridized carbons (Fsp3) is 0.875. The number of nitrogens with one attached hydrogen (secondary N) is 1. The molecule has 0 radical (unpaired) electrons. The summed E-state index contributed by atoms with van der Waals surface area (Å²) in [6.07, 6.45) is -0.365. The first-order chi connectivity index (χ1) is 19.9. The summed E-state index contributed by atoms with van der Waals surface area (Å²) in [5, 5.41) is 3.60. The summed E-state index contributed by atoms with van der Waals surface area (Å²) in [5.74, 6) is 1.71. The largest absolute Gasteiger partial charge is 0.329 e. The SMILES string of the molecule is Cc1nc(C(NCN(CCN)CCN)N(CCN)CCN)nc(N(CN(CCN)CCN)CN(CCN)CCN)n1. The van der Waals surface area contributed by atoms with Crippen LogP contribution in [0, 0.1) is 6.92 Å². The number of aromatic nitrogens is 3. The molecule has 1 unspecified atom stereocenters. The number of aryl methyl sites for hydroxylation is 1. The molecule has 0 aliphatic carbocycles. The van der Waals surface area contributed by atoms with Crippen molar-refractivity contribution in [2.75, 3.05) is 130 Å². The van der Waals surface area contributed by atoms with Gasteiger partial charge in [-0.05, 0) is 6.92 Å². The Morgan fingerprint density at radius 2 is 0.976 bits per heavy atom. The molecule has 0 saturated heterocycles. The molecule has 17 nitrogen and oxygen atoms in total. The van der Waals surface area contributed by atoms with Crippen molar-refractivity contribution >= 4 is 5.95 Å². The summed E-state index contributed by atoms with van der Waals surface area (Å²) in [6, 6.07) is 0. The van der Waals surface area contributed by atoms with Gasteiger partial charge in [0, 0.05) is 111 Å². The second-order valence-corrected chi connectivity index (χ2v) is 9.83. The van der Waals surface area contributed by atoms with E-state index in [-0.39, 0.29) is 6.17 Å². The Morgan fingerprint density at radius 1 is 0.561 bits per heavy atom. The van der Waals surface area contributed by atoms with E-state index in [0.29, 0.717) is 142 Å². The van der Waals surface area contributed by atoms with Gasteiger partial charge in [0.2, 0.25) is 5.95 Å². The first kappa shape index (κ1) is 37.3. The second kappa shape index (κ2) is 22.8. The molecule has 240 valence electrons. The van der Waals surface area contributed by atoms with Crippen molar-refractivity contribution in [3.8, 4) is 0 Å². The number of hydrogen-bond donors (Lipinski definition) is 9. The summed E-state index contributed by atoms with van der Waals surface area (Å²) in [6.45, 7) is 12.8. The Labute approximate surface area is 246 Å². The monoisotopic (exact) mass is 586 g/mol. The van der Waals surface area contributed by atoms with Crippen LogP contribution in [0.4, 0.5) is 5.95 Å². The van der Waals surface area contributed by atoms with E-state index in [1.165, 1.54) is 0 Å². The summed E-state index contributed by atoms with van der Waals surface area (Å²) < 4.78 is 0. The lowest BCUT2D eigenvalue weighted by Gasteiger charge is -2.36. The van der Waals surface area contributed by atoms with Gasteiger partial charge in [0.25, 0.3) is 0 Å². The molecule has 0 fully saturated rings. The smallest absolute Gasteiger partial charge is 0.231 e. The molecule has 0 aliphatic heterocycles. The van der Waals surface area contributed by atoms with E-state index >= 15 is 0 Å². The first-order valence-corrected chi connectivity index (χ1v) is 14.6. The lowest BCUT2D eigenvalue weighted by molar-refractivity contribution is 0.136. The molecule has 1 rings (SSSR count). The molecule has 0 bridgehead atoms. The molecule has 0 aliphatic rings. The van der Waals surface area contributed by atoms with Gasteiger partial charge in [-0.3, -0.25) is 24.9 Å². The predicted molar refractivity (Wildman–Crippen MR) is 166 cm³/mol. The Morgan fingerprint density at radius 3 is 1.39 bits per heavy atom. The van der Waals surface area contributed by atoms with Crippen LogP contribution in [0.1, 0.15) is 17.8 Å². The van der Waals surface area contributed by atoms with Crippen LogP contribution in [0.3, 0.4) is 0 Å². The quantitative estimate of drug-likeness (QED) is 0.0458. The highest BCUT2D eigenvalue weighted by Gasteiger charge is 2.26. The normalized spacial score (nSPS) is 12.8. The Bertz CT molecular complexity index is 730. The number of rotatable bonds is 26. The van der Waals surface area contributed by atoms with Crippen molar-refractivity contribution in [3.63, 3.8) is 0 Å². The molecule has 0 spiro atoms. The van der Waals surface area contributed by atoms with Gasteiger partial charge >= 0.3 is 0 Å². The van der Waals surface area contributed by atoms with E-state index in [0.717, 1.165) is 0 Å². The summed E-state index contributed by atoms with van der Waals surface area (Å²) in [7, 11) is 0. The summed E-state index contributed by atoms with van der Waals surface area (Å²) in [5.41, 5.74) is 47.3. The molecular formula is C24H59N17. The van der Waals surface area contributed by atoms with Crippen LogP contribution in [0.15, 0.2) is 0 Å². The fourth-order valence-electron chi connectivity index (χ4n) is 4.58. The average Bonchev–Trinajstić information content (AvgIpc) is 2.93. The molecule has 17 heteroatoms. The molecule has 0 aromatic carbocycles. The van der Waals surface area contributed by atoms with Crippen LogP contribution in [0.25, 0.3) is 0 Å². The third-order valence-electron chi connectivity index (χ3n) is 6.40. The van der Waals surface area contributed by atoms with Gasteiger partial charge < -0.3 is 50.8 Å². The van der Waals surface area contributed by atoms with E-state index in [1.807, 2.05) is 6.92 Å². The zero-order chi connectivity index (χ0) is 30.5. The van der Waals surface area contributed by atoms with Crippen molar-refractivity contribution in [3.05, 3.63) is 11.6 Å². The van der Waals surface area contributed by atoms with Gasteiger partial charge in [-0.25, -0.2) is 4.98 Å². The van der Waals surface area contributed by atoms with Gasteiger partial charge in [-0.15, -0.1) is 0 Å². The lowest BCUT2D eigenvalue weighted by Crippen LogP contribution is -2.50. The fourth-order valence-corrected chi connectivity index (χ4v) is 4.58. The zero-order valence-corrected chi connectivity index (χ0v) is 25.2. The van der Waals surface area contributed by atoms with E-state index in [9.17, 15) is 0 Å². The number of nitrogens with two attached hydrogens (primary N) is 8. The third kappa shape index (κ3) is 14.3. The first-order valence-electron chi connectivity index (χ1n) is 14.6. The van der Waals surface area contributed by atoms with E-state index in [1.54, 1.807) is 0 Å². The van der Waals surface area contributed by atoms with Gasteiger partial charge in [-0.2, -0.15) is 9.97 Å². The minimum absolute atomic E-state index is 0.365. The zero-order valence-electron chi connectivity index (χ0n) is 25.2. The van der Waals surface area contributed by atoms with E-state index in [4.69, 9.17) is 60.8 Å². The van der Waals surface area contributed by atoms with Crippen molar-refractivity contribution in [2.24, 2.45) is 45.9 Å². The average molecular weight is 586 g/mol. The number of nitrogens with zero attached hydrogens (tertiary/aromatic N) is 8. The standard InChI is InChI=1S/C24H59N17/c1-21-34-22(23(40(16-8-31)17-9-32)33-18-37(10-2-25)11-3-26)36-24(35-21)41(19-38(12-4-27)13-5-28)20-39(14-6-29)15-7-30/h23,33H,2-20,25-32H2,1H3. The Hall–Kier alpha value is -1.71. The van der Waals surface area contributed by atoms with Crippen molar-refractivity contribution in [1.29, 1.82) is 0 Å². The molecule has 41 heavy (non-hydrogen) atoms.